The number of piperidine rings is 1. The monoisotopic (exact) mass is 353 g/mol. The number of hydrogen-bond donors (Lipinski definition) is 0. The molecule has 4 heteroatoms. The summed E-state index contributed by atoms with van der Waals surface area (Å²) in [5.74, 6) is -0.470. The molecule has 1 unspecified atom stereocenters. The van der Waals surface area contributed by atoms with Gasteiger partial charge in [-0.05, 0) is 68.1 Å². The number of fused-ring (bicyclic) bond motifs is 1. The molecule has 0 saturated carbocycles. The van der Waals surface area contributed by atoms with Crippen molar-refractivity contribution in [3.63, 3.8) is 0 Å². The third-order valence-corrected chi connectivity index (χ3v) is 5.75. The number of hydrogen-bond acceptors (Lipinski definition) is 3. The van der Waals surface area contributed by atoms with Crippen LogP contribution in [-0.4, -0.2) is 37.1 Å². The van der Waals surface area contributed by atoms with Crippen molar-refractivity contribution in [1.82, 2.24) is 4.90 Å². The highest BCUT2D eigenvalue weighted by atomic mass is 19.1. The number of nitrogens with zero attached hydrogens (tertiary/aromatic N) is 1. The van der Waals surface area contributed by atoms with E-state index in [0.717, 1.165) is 31.5 Å². The summed E-state index contributed by atoms with van der Waals surface area (Å²) in [6.45, 7) is 1.82. The Morgan fingerprint density at radius 1 is 1.12 bits per heavy atom. The van der Waals surface area contributed by atoms with Crippen LogP contribution in [0.3, 0.4) is 0 Å². The molecule has 26 heavy (non-hydrogen) atoms. The van der Waals surface area contributed by atoms with Crippen LogP contribution in [-0.2, 0) is 27.8 Å². The Kier molecular flexibility index (Phi) is 4.53. The standard InChI is InChI=1S/C22H24FNO2/c1-24-12-4-7-20(15-24)26-21(25)22(18-8-10-19(23)11-9-18)13-16-5-2-3-6-17(16)14-22/h2-3,5-6,8-11,20H,4,7,12-15H2,1H3. The lowest BCUT2D eigenvalue weighted by molar-refractivity contribution is -0.158. The van der Waals surface area contributed by atoms with Gasteiger partial charge >= 0.3 is 5.97 Å². The van der Waals surface area contributed by atoms with Gasteiger partial charge in [0.05, 0.1) is 0 Å². The fourth-order valence-corrected chi connectivity index (χ4v) is 4.33. The fraction of sp³-hybridized carbons (Fsp3) is 0.409. The van der Waals surface area contributed by atoms with Crippen molar-refractivity contribution in [2.45, 2.75) is 37.2 Å². The van der Waals surface area contributed by atoms with Crippen molar-refractivity contribution >= 4 is 5.97 Å². The maximum Gasteiger partial charge on any atom is 0.317 e. The number of carbonyl (C=O) groups is 1. The van der Waals surface area contributed by atoms with Gasteiger partial charge in [0.1, 0.15) is 17.3 Å². The number of esters is 1. The van der Waals surface area contributed by atoms with Crippen LogP contribution in [0.15, 0.2) is 48.5 Å². The van der Waals surface area contributed by atoms with Gasteiger partial charge in [0.2, 0.25) is 0 Å². The average molecular weight is 353 g/mol. The number of carbonyl (C=O) groups excluding carboxylic acids is 1. The number of likely N-dealkylation sites (N-methyl/N-ethyl adjacent to an activating group) is 1. The first kappa shape index (κ1) is 17.2. The Labute approximate surface area is 153 Å². The second kappa shape index (κ2) is 6.84. The van der Waals surface area contributed by atoms with Crippen molar-refractivity contribution in [2.24, 2.45) is 0 Å². The zero-order chi connectivity index (χ0) is 18.1. The van der Waals surface area contributed by atoms with Crippen LogP contribution in [0.5, 0.6) is 0 Å². The molecule has 0 amide bonds. The maximum atomic E-state index is 13.5. The van der Waals surface area contributed by atoms with Crippen molar-refractivity contribution in [1.29, 1.82) is 0 Å². The Morgan fingerprint density at radius 2 is 1.77 bits per heavy atom. The lowest BCUT2D eigenvalue weighted by Crippen LogP contribution is -2.44. The van der Waals surface area contributed by atoms with Gasteiger partial charge in [0, 0.05) is 6.54 Å². The van der Waals surface area contributed by atoms with Crippen LogP contribution in [0.1, 0.15) is 29.5 Å². The van der Waals surface area contributed by atoms with E-state index >= 15 is 0 Å². The lowest BCUT2D eigenvalue weighted by atomic mass is 9.77. The molecule has 0 N–H and O–H groups in total. The predicted octanol–water partition coefficient (Wildman–Crippen LogP) is 3.50. The van der Waals surface area contributed by atoms with E-state index in [1.165, 1.54) is 23.3 Å². The zero-order valence-electron chi connectivity index (χ0n) is 15.1. The van der Waals surface area contributed by atoms with Crippen molar-refractivity contribution in [3.8, 4) is 0 Å². The van der Waals surface area contributed by atoms with Crippen LogP contribution in [0.2, 0.25) is 0 Å². The molecule has 1 atom stereocenters. The lowest BCUT2D eigenvalue weighted by Gasteiger charge is -2.34. The molecule has 2 aromatic rings. The minimum atomic E-state index is -0.757. The molecule has 0 spiro atoms. The molecule has 0 bridgehead atoms. The molecule has 1 heterocycles. The second-order valence-corrected chi connectivity index (χ2v) is 7.64. The molecule has 1 fully saturated rings. The summed E-state index contributed by atoms with van der Waals surface area (Å²) in [5, 5.41) is 0. The van der Waals surface area contributed by atoms with Crippen molar-refractivity contribution in [3.05, 3.63) is 71.0 Å². The first-order chi connectivity index (χ1) is 12.6. The first-order valence-electron chi connectivity index (χ1n) is 9.29. The molecule has 136 valence electrons. The summed E-state index contributed by atoms with van der Waals surface area (Å²) in [6, 6.07) is 14.5. The smallest absolute Gasteiger partial charge is 0.317 e. The van der Waals surface area contributed by atoms with Crippen molar-refractivity contribution < 1.29 is 13.9 Å². The Balaban J connectivity index is 1.65. The van der Waals surface area contributed by atoms with Gasteiger partial charge in [-0.25, -0.2) is 4.39 Å². The highest BCUT2D eigenvalue weighted by Gasteiger charge is 2.47. The summed E-state index contributed by atoms with van der Waals surface area (Å²) < 4.78 is 19.4. The van der Waals surface area contributed by atoms with E-state index < -0.39 is 5.41 Å². The van der Waals surface area contributed by atoms with E-state index in [9.17, 15) is 9.18 Å². The molecule has 2 aromatic carbocycles. The first-order valence-corrected chi connectivity index (χ1v) is 9.29. The van der Waals surface area contributed by atoms with Crippen molar-refractivity contribution in [2.75, 3.05) is 20.1 Å². The third kappa shape index (κ3) is 3.14. The van der Waals surface area contributed by atoms with Crippen LogP contribution >= 0.6 is 0 Å². The van der Waals surface area contributed by atoms with Gasteiger partial charge in [0.15, 0.2) is 0 Å². The van der Waals surface area contributed by atoms with Gasteiger partial charge in [0.25, 0.3) is 0 Å². The normalized spacial score (nSPS) is 22.0. The van der Waals surface area contributed by atoms with Gasteiger partial charge in [-0.3, -0.25) is 4.79 Å². The SMILES string of the molecule is CN1CCCC(OC(=O)C2(c3ccc(F)cc3)Cc3ccccc3C2)C1. The quantitative estimate of drug-likeness (QED) is 0.791. The molecular weight excluding hydrogens is 329 g/mol. The molecule has 0 aromatic heterocycles. The predicted molar refractivity (Wildman–Crippen MR) is 98.5 cm³/mol. The van der Waals surface area contributed by atoms with Gasteiger partial charge in [-0.15, -0.1) is 0 Å². The zero-order valence-corrected chi connectivity index (χ0v) is 15.1. The number of likely N-dealkylation sites (tertiary alicyclic amines) is 1. The number of ether oxygens (including phenoxy) is 1. The van der Waals surface area contributed by atoms with E-state index in [0.29, 0.717) is 12.8 Å². The maximum absolute atomic E-state index is 13.5. The van der Waals surface area contributed by atoms with Gasteiger partial charge in [-0.2, -0.15) is 0 Å². The van der Waals surface area contributed by atoms with Crippen LogP contribution in [0.25, 0.3) is 0 Å². The molecule has 4 rings (SSSR count). The molecule has 0 radical (unpaired) electrons. The Morgan fingerprint density at radius 3 is 2.38 bits per heavy atom. The Bertz CT molecular complexity index is 777. The molecule has 1 aliphatic carbocycles. The van der Waals surface area contributed by atoms with E-state index in [-0.39, 0.29) is 17.9 Å². The van der Waals surface area contributed by atoms with Crippen LogP contribution in [0, 0.1) is 5.82 Å². The summed E-state index contributed by atoms with van der Waals surface area (Å²) in [5.41, 5.74) is 2.43. The summed E-state index contributed by atoms with van der Waals surface area (Å²) >= 11 is 0. The summed E-state index contributed by atoms with van der Waals surface area (Å²) in [4.78, 5) is 15.6. The number of benzene rings is 2. The molecule has 3 nitrogen and oxygen atoms in total. The van der Waals surface area contributed by atoms with Gasteiger partial charge in [-0.1, -0.05) is 36.4 Å². The average Bonchev–Trinajstić information content (AvgIpc) is 3.03. The molecule has 1 aliphatic heterocycles. The fourth-order valence-electron chi connectivity index (χ4n) is 4.33. The van der Waals surface area contributed by atoms with E-state index in [4.69, 9.17) is 4.74 Å². The van der Waals surface area contributed by atoms with Crippen LogP contribution in [0.4, 0.5) is 4.39 Å². The number of rotatable bonds is 3. The van der Waals surface area contributed by atoms with E-state index in [1.807, 2.05) is 12.1 Å². The Hall–Kier alpha value is -2.20. The largest absolute Gasteiger partial charge is 0.460 e. The molecule has 2 aliphatic rings. The third-order valence-electron chi connectivity index (χ3n) is 5.75. The van der Waals surface area contributed by atoms with E-state index in [2.05, 4.69) is 24.1 Å². The summed E-state index contributed by atoms with van der Waals surface area (Å²) in [6.07, 6.45) is 3.09. The van der Waals surface area contributed by atoms with E-state index in [1.54, 1.807) is 12.1 Å². The second-order valence-electron chi connectivity index (χ2n) is 7.64. The number of halogens is 1. The summed E-state index contributed by atoms with van der Waals surface area (Å²) in [7, 11) is 2.06. The molecular formula is C22H24FNO2. The highest BCUT2D eigenvalue weighted by Crippen LogP contribution is 2.41. The topological polar surface area (TPSA) is 29.5 Å². The minimum Gasteiger partial charge on any atom is -0.460 e. The minimum absolute atomic E-state index is 0.0673. The van der Waals surface area contributed by atoms with Crippen LogP contribution < -0.4 is 0 Å². The molecule has 1 saturated heterocycles. The van der Waals surface area contributed by atoms with Gasteiger partial charge < -0.3 is 9.64 Å². The highest BCUT2D eigenvalue weighted by molar-refractivity contribution is 5.85.